The van der Waals surface area contributed by atoms with E-state index >= 15 is 0 Å². The van der Waals surface area contributed by atoms with Gasteiger partial charge in [-0.25, -0.2) is 0 Å². The summed E-state index contributed by atoms with van der Waals surface area (Å²) in [6, 6.07) is 12.3. The molecule has 7 nitrogen and oxygen atoms in total. The second-order valence-corrected chi connectivity index (χ2v) is 6.79. The van der Waals surface area contributed by atoms with Crippen LogP contribution in [-0.2, 0) is 14.4 Å². The fourth-order valence-corrected chi connectivity index (χ4v) is 3.79. The third kappa shape index (κ3) is 3.70. The molecule has 0 aromatic heterocycles. The van der Waals surface area contributed by atoms with Gasteiger partial charge in [0.05, 0.1) is 7.11 Å². The number of methoxy groups -OCH3 is 1. The Morgan fingerprint density at radius 3 is 2.59 bits per heavy atom. The fourth-order valence-electron chi connectivity index (χ4n) is 2.78. The topological polar surface area (TPSA) is 110 Å². The Bertz CT molecular complexity index is 955. The molecule has 138 valence electrons. The van der Waals surface area contributed by atoms with E-state index in [2.05, 4.69) is 5.32 Å². The molecular weight excluding hydrogens is 370 g/mol. The molecule has 0 fully saturated rings. The van der Waals surface area contributed by atoms with Crippen LogP contribution in [0.1, 0.15) is 10.4 Å². The van der Waals surface area contributed by atoms with Crippen LogP contribution in [0, 0.1) is 5.92 Å². The Morgan fingerprint density at radius 2 is 1.89 bits per heavy atom. The molecule has 1 unspecified atom stereocenters. The van der Waals surface area contributed by atoms with Crippen LogP contribution in [0.3, 0.4) is 0 Å². The van der Waals surface area contributed by atoms with Crippen molar-refractivity contribution in [1.82, 2.24) is 5.32 Å². The average Bonchev–Trinajstić information content (AvgIpc) is 2.65. The second-order valence-electron chi connectivity index (χ2n) is 5.74. The maximum atomic E-state index is 12.6. The predicted molar refractivity (Wildman–Crippen MR) is 97.8 cm³/mol. The normalized spacial score (nSPS) is 15.8. The predicted octanol–water partition coefficient (Wildman–Crippen LogP) is 1.99. The van der Waals surface area contributed by atoms with Crippen molar-refractivity contribution in [2.24, 2.45) is 5.92 Å². The van der Waals surface area contributed by atoms with Gasteiger partial charge < -0.3 is 15.2 Å². The third-order valence-corrected chi connectivity index (χ3v) is 5.04. The number of carboxylic acids is 1. The number of carbonyl (C=O) groups is 4. The highest BCUT2D eigenvalue weighted by Crippen LogP contribution is 2.38. The monoisotopic (exact) mass is 385 g/mol. The molecule has 1 heterocycles. The first-order valence-corrected chi connectivity index (χ1v) is 8.77. The molecule has 1 atom stereocenters. The molecular formula is C19H15NO6S. The van der Waals surface area contributed by atoms with E-state index in [1.165, 1.54) is 0 Å². The van der Waals surface area contributed by atoms with Crippen LogP contribution in [0.5, 0.6) is 5.75 Å². The summed E-state index contributed by atoms with van der Waals surface area (Å²) in [5.74, 6) is -3.68. The summed E-state index contributed by atoms with van der Waals surface area (Å²) < 4.78 is 5.34. The first kappa shape index (κ1) is 18.7. The molecule has 0 saturated heterocycles. The number of amides is 1. The Morgan fingerprint density at radius 1 is 1.15 bits per heavy atom. The third-order valence-electron chi connectivity index (χ3n) is 4.05. The number of carbonyl (C=O) groups excluding carboxylic acids is 3. The summed E-state index contributed by atoms with van der Waals surface area (Å²) in [4.78, 5) is 48.0. The zero-order valence-corrected chi connectivity index (χ0v) is 15.0. The van der Waals surface area contributed by atoms with Crippen molar-refractivity contribution >= 4 is 34.5 Å². The number of thioether (sulfide) groups is 1. The van der Waals surface area contributed by atoms with Crippen molar-refractivity contribution in [2.75, 3.05) is 13.7 Å². The highest BCUT2D eigenvalue weighted by Gasteiger charge is 2.40. The van der Waals surface area contributed by atoms with Crippen molar-refractivity contribution in [1.29, 1.82) is 0 Å². The van der Waals surface area contributed by atoms with Crippen molar-refractivity contribution in [3.8, 4) is 16.9 Å². The van der Waals surface area contributed by atoms with Gasteiger partial charge in [0.1, 0.15) is 12.3 Å². The summed E-state index contributed by atoms with van der Waals surface area (Å²) in [5.41, 5.74) is 1.84. The maximum Gasteiger partial charge on any atom is 0.322 e. The van der Waals surface area contributed by atoms with Crippen molar-refractivity contribution in [3.63, 3.8) is 0 Å². The SMILES string of the molecule is COc1ccccc1-c1ccc2c(c1)SC(=O)C(C(=O)NCC(=O)O)C2=O. The van der Waals surface area contributed by atoms with Gasteiger partial charge in [-0.3, -0.25) is 19.2 Å². The lowest BCUT2D eigenvalue weighted by Crippen LogP contribution is -2.42. The van der Waals surface area contributed by atoms with Crippen molar-refractivity contribution in [2.45, 2.75) is 4.90 Å². The number of rotatable bonds is 5. The number of fused-ring (bicyclic) bond motifs is 1. The molecule has 8 heteroatoms. The largest absolute Gasteiger partial charge is 0.496 e. The van der Waals surface area contributed by atoms with Crippen LogP contribution >= 0.6 is 11.8 Å². The van der Waals surface area contributed by atoms with Crippen molar-refractivity contribution in [3.05, 3.63) is 48.0 Å². The number of ether oxygens (including phenoxy) is 1. The molecule has 1 aliphatic rings. The van der Waals surface area contributed by atoms with E-state index in [-0.39, 0.29) is 5.56 Å². The second kappa shape index (κ2) is 7.63. The minimum Gasteiger partial charge on any atom is -0.496 e. The van der Waals surface area contributed by atoms with E-state index in [1.807, 2.05) is 18.2 Å². The van der Waals surface area contributed by atoms with E-state index in [0.717, 1.165) is 22.9 Å². The number of aliphatic carboxylic acids is 1. The van der Waals surface area contributed by atoms with Crippen LogP contribution in [-0.4, -0.2) is 41.5 Å². The molecule has 3 rings (SSSR count). The van der Waals surface area contributed by atoms with Crippen LogP contribution in [0.2, 0.25) is 0 Å². The molecule has 2 aromatic carbocycles. The van der Waals surface area contributed by atoms with Gasteiger partial charge in [0.15, 0.2) is 11.7 Å². The molecule has 0 aliphatic carbocycles. The molecule has 27 heavy (non-hydrogen) atoms. The average molecular weight is 385 g/mol. The number of carboxylic acid groups (broad SMARTS) is 1. The molecule has 1 amide bonds. The number of hydrogen-bond acceptors (Lipinski definition) is 6. The lowest BCUT2D eigenvalue weighted by Gasteiger charge is -2.21. The standard InChI is InChI=1S/C19H15NO6S/c1-26-13-5-3-2-4-11(13)10-6-7-12-14(8-10)27-19(25)16(17(12)23)18(24)20-9-15(21)22/h2-8,16H,9H2,1H3,(H,20,24)(H,21,22). The zero-order valence-electron chi connectivity index (χ0n) is 14.2. The number of benzene rings is 2. The van der Waals surface area contributed by atoms with Gasteiger partial charge in [0, 0.05) is 16.0 Å². The van der Waals surface area contributed by atoms with Gasteiger partial charge in [0.25, 0.3) is 0 Å². The van der Waals surface area contributed by atoms with Gasteiger partial charge in [-0.05, 0) is 35.5 Å². The highest BCUT2D eigenvalue weighted by molar-refractivity contribution is 8.14. The summed E-state index contributed by atoms with van der Waals surface area (Å²) in [5, 5.41) is 10.1. The molecule has 0 saturated carbocycles. The maximum absolute atomic E-state index is 12.6. The Hall–Kier alpha value is -3.13. The van der Waals surface area contributed by atoms with E-state index in [4.69, 9.17) is 9.84 Å². The molecule has 1 aliphatic heterocycles. The first-order valence-electron chi connectivity index (χ1n) is 7.95. The molecule has 0 radical (unpaired) electrons. The minimum absolute atomic E-state index is 0.258. The number of Topliss-reactive ketones (excluding diaryl/α,β-unsaturated/α-hetero) is 1. The van der Waals surface area contributed by atoms with Crippen LogP contribution < -0.4 is 10.1 Å². The summed E-state index contributed by atoms with van der Waals surface area (Å²) in [6.45, 7) is -0.653. The molecule has 0 bridgehead atoms. The number of para-hydroxylation sites is 1. The highest BCUT2D eigenvalue weighted by atomic mass is 32.2. The van der Waals surface area contributed by atoms with E-state index in [9.17, 15) is 19.2 Å². The van der Waals surface area contributed by atoms with Gasteiger partial charge >= 0.3 is 5.97 Å². The Labute approximate surface area is 158 Å². The smallest absolute Gasteiger partial charge is 0.322 e. The number of nitrogens with one attached hydrogen (secondary N) is 1. The first-order chi connectivity index (χ1) is 12.9. The molecule has 0 spiro atoms. The van der Waals surface area contributed by atoms with E-state index in [0.29, 0.717) is 10.6 Å². The van der Waals surface area contributed by atoms with Gasteiger partial charge in [-0.15, -0.1) is 0 Å². The molecule has 2 aromatic rings. The summed E-state index contributed by atoms with van der Waals surface area (Å²) >= 11 is 0.800. The lowest BCUT2D eigenvalue weighted by molar-refractivity contribution is -0.139. The Balaban J connectivity index is 1.93. The van der Waals surface area contributed by atoms with Crippen molar-refractivity contribution < 1.29 is 29.0 Å². The van der Waals surface area contributed by atoms with Gasteiger partial charge in [0.2, 0.25) is 11.0 Å². The van der Waals surface area contributed by atoms with E-state index < -0.39 is 35.2 Å². The minimum atomic E-state index is -1.54. The zero-order chi connectivity index (χ0) is 19.6. The Kier molecular flexibility index (Phi) is 5.27. The lowest BCUT2D eigenvalue weighted by atomic mass is 9.94. The number of ketones is 1. The van der Waals surface area contributed by atoms with Crippen LogP contribution in [0.4, 0.5) is 0 Å². The van der Waals surface area contributed by atoms with E-state index in [1.54, 1.807) is 31.4 Å². The summed E-state index contributed by atoms with van der Waals surface area (Å²) in [6.07, 6.45) is 0. The number of hydrogen-bond donors (Lipinski definition) is 2. The van der Waals surface area contributed by atoms with Crippen LogP contribution in [0.15, 0.2) is 47.4 Å². The summed E-state index contributed by atoms with van der Waals surface area (Å²) in [7, 11) is 1.55. The van der Waals surface area contributed by atoms with Gasteiger partial charge in [-0.1, -0.05) is 24.3 Å². The van der Waals surface area contributed by atoms with Crippen LogP contribution in [0.25, 0.3) is 11.1 Å². The van der Waals surface area contributed by atoms with Gasteiger partial charge in [-0.2, -0.15) is 0 Å². The molecule has 2 N–H and O–H groups in total. The quantitative estimate of drug-likeness (QED) is 0.758. The fraction of sp³-hybridized carbons (Fsp3) is 0.158.